The van der Waals surface area contributed by atoms with Gasteiger partial charge >= 0.3 is 5.69 Å². The van der Waals surface area contributed by atoms with Gasteiger partial charge in [0.15, 0.2) is 0 Å². The summed E-state index contributed by atoms with van der Waals surface area (Å²) in [6, 6.07) is 4.65. The zero-order valence-corrected chi connectivity index (χ0v) is 9.73. The smallest absolute Gasteiger partial charge is 0.296 e. The highest BCUT2D eigenvalue weighted by atomic mass is 19.1. The molecule has 4 nitrogen and oxygen atoms in total. The first-order valence-electron chi connectivity index (χ1n) is 5.75. The third-order valence-electron chi connectivity index (χ3n) is 3.29. The summed E-state index contributed by atoms with van der Waals surface area (Å²) in [6.45, 7) is 3.82. The van der Waals surface area contributed by atoms with Crippen LogP contribution < -0.4 is 0 Å². The predicted octanol–water partition coefficient (Wildman–Crippen LogP) is 2.72. The molecule has 17 heavy (non-hydrogen) atoms. The van der Waals surface area contributed by atoms with Gasteiger partial charge in [-0.05, 0) is 37.9 Å². The molecule has 5 heteroatoms. The van der Waals surface area contributed by atoms with E-state index in [2.05, 4.69) is 11.8 Å². The van der Waals surface area contributed by atoms with Gasteiger partial charge in [-0.3, -0.25) is 15.0 Å². The van der Waals surface area contributed by atoms with Gasteiger partial charge in [0.2, 0.25) is 5.82 Å². The summed E-state index contributed by atoms with van der Waals surface area (Å²) < 4.78 is 13.4. The van der Waals surface area contributed by atoms with Crippen LogP contribution in [0.5, 0.6) is 0 Å². The molecule has 0 radical (unpaired) electrons. The van der Waals surface area contributed by atoms with Crippen LogP contribution in [0.3, 0.4) is 0 Å². The van der Waals surface area contributed by atoms with Crippen molar-refractivity contribution in [1.29, 1.82) is 0 Å². The van der Waals surface area contributed by atoms with Crippen LogP contribution >= 0.6 is 0 Å². The summed E-state index contributed by atoms with van der Waals surface area (Å²) >= 11 is 0. The van der Waals surface area contributed by atoms with E-state index in [0.717, 1.165) is 24.9 Å². The molecular weight excluding hydrogens is 223 g/mol. The van der Waals surface area contributed by atoms with Crippen LogP contribution in [-0.2, 0) is 6.54 Å². The summed E-state index contributed by atoms with van der Waals surface area (Å²) in [5, 5.41) is 10.5. The minimum Gasteiger partial charge on any atom is -0.296 e. The Hall–Kier alpha value is -1.49. The minimum absolute atomic E-state index is 0.455. The molecule has 1 aromatic carbocycles. The molecule has 0 aliphatic carbocycles. The van der Waals surface area contributed by atoms with Gasteiger partial charge in [0.05, 0.1) is 4.92 Å². The van der Waals surface area contributed by atoms with Gasteiger partial charge < -0.3 is 0 Å². The molecule has 92 valence electrons. The van der Waals surface area contributed by atoms with Gasteiger partial charge in [-0.25, -0.2) is 0 Å². The van der Waals surface area contributed by atoms with Gasteiger partial charge in [0.1, 0.15) is 0 Å². The number of hydrogen-bond donors (Lipinski definition) is 0. The SMILES string of the molecule is CC1CCCN1Cc1ccc([N+](=O)[O-])c(F)c1. The minimum atomic E-state index is -0.751. The van der Waals surface area contributed by atoms with Crippen molar-refractivity contribution in [3.63, 3.8) is 0 Å². The number of halogens is 1. The largest absolute Gasteiger partial charge is 0.304 e. The highest BCUT2D eigenvalue weighted by molar-refractivity contribution is 5.35. The zero-order chi connectivity index (χ0) is 12.4. The Labute approximate surface area is 99.2 Å². The molecule has 0 spiro atoms. The molecule has 1 aliphatic rings. The third-order valence-corrected chi connectivity index (χ3v) is 3.29. The number of nitro benzene ring substituents is 1. The Morgan fingerprint density at radius 3 is 2.88 bits per heavy atom. The normalized spacial score (nSPS) is 20.7. The van der Waals surface area contributed by atoms with E-state index >= 15 is 0 Å². The van der Waals surface area contributed by atoms with E-state index in [0.29, 0.717) is 12.6 Å². The molecule has 2 rings (SSSR count). The lowest BCUT2D eigenvalue weighted by Crippen LogP contribution is -2.26. The van der Waals surface area contributed by atoms with Crippen LogP contribution in [0.2, 0.25) is 0 Å². The Morgan fingerprint density at radius 2 is 2.35 bits per heavy atom. The predicted molar refractivity (Wildman–Crippen MR) is 62.2 cm³/mol. The van der Waals surface area contributed by atoms with Gasteiger partial charge in [-0.2, -0.15) is 4.39 Å². The van der Waals surface area contributed by atoms with Gasteiger partial charge in [0.25, 0.3) is 0 Å². The summed E-state index contributed by atoms with van der Waals surface area (Å²) in [6.07, 6.45) is 2.33. The molecule has 0 amide bonds. The summed E-state index contributed by atoms with van der Waals surface area (Å²) in [7, 11) is 0. The van der Waals surface area contributed by atoms with E-state index in [1.165, 1.54) is 12.1 Å². The topological polar surface area (TPSA) is 46.4 Å². The number of likely N-dealkylation sites (tertiary alicyclic amines) is 1. The third kappa shape index (κ3) is 2.61. The van der Waals surface area contributed by atoms with Crippen molar-refractivity contribution in [2.75, 3.05) is 6.54 Å². The molecule has 1 saturated heterocycles. The Bertz CT molecular complexity index is 437. The van der Waals surface area contributed by atoms with E-state index in [9.17, 15) is 14.5 Å². The fourth-order valence-electron chi connectivity index (χ4n) is 2.26. The van der Waals surface area contributed by atoms with Crippen LogP contribution in [0.1, 0.15) is 25.3 Å². The Kier molecular flexibility index (Phi) is 3.38. The quantitative estimate of drug-likeness (QED) is 0.600. The zero-order valence-electron chi connectivity index (χ0n) is 9.73. The first kappa shape index (κ1) is 12.0. The average Bonchev–Trinajstić information content (AvgIpc) is 2.64. The van der Waals surface area contributed by atoms with Gasteiger partial charge in [-0.1, -0.05) is 6.07 Å². The number of rotatable bonds is 3. The van der Waals surface area contributed by atoms with E-state index in [4.69, 9.17) is 0 Å². The van der Waals surface area contributed by atoms with E-state index < -0.39 is 16.4 Å². The molecule has 1 unspecified atom stereocenters. The second-order valence-corrected chi connectivity index (χ2v) is 4.50. The van der Waals surface area contributed by atoms with Gasteiger partial charge in [-0.15, -0.1) is 0 Å². The van der Waals surface area contributed by atoms with Crippen LogP contribution in [0.4, 0.5) is 10.1 Å². The van der Waals surface area contributed by atoms with Crippen molar-refractivity contribution in [2.24, 2.45) is 0 Å². The average molecular weight is 238 g/mol. The molecule has 0 bridgehead atoms. The number of nitrogens with zero attached hydrogens (tertiary/aromatic N) is 2. The molecule has 1 atom stereocenters. The van der Waals surface area contributed by atoms with E-state index in [1.54, 1.807) is 6.07 Å². The van der Waals surface area contributed by atoms with Crippen LogP contribution in [0, 0.1) is 15.9 Å². The van der Waals surface area contributed by atoms with Crippen molar-refractivity contribution >= 4 is 5.69 Å². The Morgan fingerprint density at radius 1 is 1.59 bits per heavy atom. The Balaban J connectivity index is 2.12. The standard InChI is InChI=1S/C12H15FN2O2/c1-9-3-2-6-14(9)8-10-4-5-12(15(16)17)11(13)7-10/h4-5,7,9H,2-3,6,8H2,1H3. The number of hydrogen-bond acceptors (Lipinski definition) is 3. The molecule has 0 saturated carbocycles. The number of nitro groups is 1. The monoisotopic (exact) mass is 238 g/mol. The van der Waals surface area contributed by atoms with Crippen LogP contribution in [0.25, 0.3) is 0 Å². The lowest BCUT2D eigenvalue weighted by Gasteiger charge is -2.20. The van der Waals surface area contributed by atoms with Crippen molar-refractivity contribution in [3.05, 3.63) is 39.7 Å². The lowest BCUT2D eigenvalue weighted by molar-refractivity contribution is -0.387. The van der Waals surface area contributed by atoms with Crippen molar-refractivity contribution in [3.8, 4) is 0 Å². The first-order chi connectivity index (χ1) is 8.08. The van der Waals surface area contributed by atoms with Crippen LogP contribution in [0.15, 0.2) is 18.2 Å². The molecule has 1 fully saturated rings. The summed E-state index contributed by atoms with van der Waals surface area (Å²) in [4.78, 5) is 12.1. The molecular formula is C12H15FN2O2. The van der Waals surface area contributed by atoms with Crippen LogP contribution in [-0.4, -0.2) is 22.4 Å². The highest BCUT2D eigenvalue weighted by Gasteiger charge is 2.21. The molecule has 1 heterocycles. The maximum atomic E-state index is 13.4. The van der Waals surface area contributed by atoms with Gasteiger partial charge in [0, 0.05) is 18.7 Å². The molecule has 0 N–H and O–H groups in total. The van der Waals surface area contributed by atoms with Crippen molar-refractivity contribution in [1.82, 2.24) is 4.90 Å². The lowest BCUT2D eigenvalue weighted by atomic mass is 10.1. The second-order valence-electron chi connectivity index (χ2n) is 4.50. The molecule has 1 aromatic rings. The van der Waals surface area contributed by atoms with Crippen molar-refractivity contribution in [2.45, 2.75) is 32.4 Å². The second kappa shape index (κ2) is 4.79. The van der Waals surface area contributed by atoms with E-state index in [1.807, 2.05) is 0 Å². The first-order valence-corrected chi connectivity index (χ1v) is 5.75. The van der Waals surface area contributed by atoms with E-state index in [-0.39, 0.29) is 0 Å². The summed E-state index contributed by atoms with van der Waals surface area (Å²) in [5.41, 5.74) is 0.338. The fourth-order valence-corrected chi connectivity index (χ4v) is 2.26. The van der Waals surface area contributed by atoms with Crippen molar-refractivity contribution < 1.29 is 9.31 Å². The number of benzene rings is 1. The maximum Gasteiger partial charge on any atom is 0.304 e. The summed E-state index contributed by atoms with van der Waals surface area (Å²) in [5.74, 6) is -0.751. The molecule has 0 aromatic heterocycles. The highest BCUT2D eigenvalue weighted by Crippen LogP contribution is 2.22. The molecule has 1 aliphatic heterocycles. The maximum absolute atomic E-state index is 13.4. The fraction of sp³-hybridized carbons (Fsp3) is 0.500.